The first kappa shape index (κ1) is 21.9. The fourth-order valence-electron chi connectivity index (χ4n) is 2.81. The molecule has 1 aliphatic rings. The van der Waals surface area contributed by atoms with Gasteiger partial charge in [0.25, 0.3) is 0 Å². The van der Waals surface area contributed by atoms with Gasteiger partial charge in [0.2, 0.25) is 15.9 Å². The van der Waals surface area contributed by atoms with Gasteiger partial charge in [-0.05, 0) is 18.2 Å². The van der Waals surface area contributed by atoms with Gasteiger partial charge in [-0.1, -0.05) is 11.6 Å². The number of quaternary nitrogens is 1. The number of hydrogen-bond donors (Lipinski definition) is 2. The van der Waals surface area contributed by atoms with Crippen LogP contribution in [0, 0.1) is 0 Å². The van der Waals surface area contributed by atoms with Gasteiger partial charge in [-0.2, -0.15) is 4.31 Å². The number of carbonyl (C=O) groups excluding carboxylic acids is 1. The van der Waals surface area contributed by atoms with Crippen molar-refractivity contribution in [2.24, 2.45) is 0 Å². The van der Waals surface area contributed by atoms with Crippen LogP contribution in [-0.4, -0.2) is 78.7 Å². The van der Waals surface area contributed by atoms with Crippen LogP contribution in [0.2, 0.25) is 5.02 Å². The summed E-state index contributed by atoms with van der Waals surface area (Å²) in [5.41, 5.74) is 0. The monoisotopic (exact) mass is 420 g/mol. The largest absolute Gasteiger partial charge is 0.495 e. The smallest absolute Gasteiger partial charge is 0.243 e. The molecule has 27 heavy (non-hydrogen) atoms. The number of amides is 1. The molecule has 1 fully saturated rings. The second kappa shape index (κ2) is 10.2. The molecule has 0 aliphatic carbocycles. The Morgan fingerprint density at radius 1 is 1.37 bits per heavy atom. The zero-order valence-electron chi connectivity index (χ0n) is 15.7. The summed E-state index contributed by atoms with van der Waals surface area (Å²) < 4.78 is 36.5. The van der Waals surface area contributed by atoms with E-state index in [9.17, 15) is 13.2 Å². The molecule has 1 heterocycles. The molecule has 0 bridgehead atoms. The normalized spacial score (nSPS) is 15.7. The van der Waals surface area contributed by atoms with Crippen LogP contribution in [0.3, 0.4) is 0 Å². The summed E-state index contributed by atoms with van der Waals surface area (Å²) in [5, 5.41) is 2.97. The molecule has 1 amide bonds. The first-order valence-electron chi connectivity index (χ1n) is 8.82. The third-order valence-electron chi connectivity index (χ3n) is 4.43. The van der Waals surface area contributed by atoms with Crippen molar-refractivity contribution < 1.29 is 27.6 Å². The molecule has 152 valence electrons. The van der Waals surface area contributed by atoms with E-state index >= 15 is 0 Å². The van der Waals surface area contributed by atoms with Crippen molar-refractivity contribution in [1.82, 2.24) is 9.62 Å². The molecule has 1 saturated heterocycles. The maximum absolute atomic E-state index is 12.6. The summed E-state index contributed by atoms with van der Waals surface area (Å²) in [5.74, 6) is 0.0519. The lowest BCUT2D eigenvalue weighted by molar-refractivity contribution is -0.908. The molecule has 0 saturated carbocycles. The standard InChI is InChI=1S/C17H26ClN3O5S/c1-20(27(23,24)14-4-5-16(25-2)15(18)12-14)13-17(22)19-6-3-7-21-8-10-26-11-9-21/h4-5,12H,3,6-11,13H2,1-2H3,(H,19,22)/p+1. The molecular formula is C17H27ClN3O5S+. The van der Waals surface area contributed by atoms with E-state index < -0.39 is 10.0 Å². The highest BCUT2D eigenvalue weighted by Crippen LogP contribution is 2.27. The van der Waals surface area contributed by atoms with E-state index in [1.165, 1.54) is 37.3 Å². The average molecular weight is 421 g/mol. The van der Waals surface area contributed by atoms with Crippen LogP contribution in [0.5, 0.6) is 5.75 Å². The van der Waals surface area contributed by atoms with Crippen LogP contribution in [0.25, 0.3) is 0 Å². The van der Waals surface area contributed by atoms with Crippen molar-refractivity contribution in [1.29, 1.82) is 0 Å². The molecule has 10 heteroatoms. The summed E-state index contributed by atoms with van der Waals surface area (Å²) >= 11 is 6.00. The summed E-state index contributed by atoms with van der Waals surface area (Å²) in [7, 11) is -0.998. The van der Waals surface area contributed by atoms with Crippen LogP contribution in [0.4, 0.5) is 0 Å². The quantitative estimate of drug-likeness (QED) is 0.520. The highest BCUT2D eigenvalue weighted by molar-refractivity contribution is 7.89. The number of sulfonamides is 1. The summed E-state index contributed by atoms with van der Waals surface area (Å²) in [4.78, 5) is 13.5. The summed E-state index contributed by atoms with van der Waals surface area (Å²) in [6, 6.07) is 4.20. The number of nitrogens with one attached hydrogen (secondary N) is 2. The lowest BCUT2D eigenvalue weighted by Gasteiger charge is -2.23. The number of rotatable bonds is 9. The van der Waals surface area contributed by atoms with Gasteiger partial charge in [0.15, 0.2) is 0 Å². The van der Waals surface area contributed by atoms with Crippen LogP contribution in [0.15, 0.2) is 23.1 Å². The van der Waals surface area contributed by atoms with Crippen LogP contribution < -0.4 is 15.0 Å². The molecular weight excluding hydrogens is 394 g/mol. The van der Waals surface area contributed by atoms with Crippen LogP contribution >= 0.6 is 11.6 Å². The second-order valence-electron chi connectivity index (χ2n) is 6.37. The Balaban J connectivity index is 1.81. The second-order valence-corrected chi connectivity index (χ2v) is 8.83. The number of methoxy groups -OCH3 is 1. The minimum atomic E-state index is -3.81. The van der Waals surface area contributed by atoms with Gasteiger partial charge in [-0.15, -0.1) is 0 Å². The fourth-order valence-corrected chi connectivity index (χ4v) is 4.28. The number of nitrogens with zero attached hydrogens (tertiary/aromatic N) is 1. The van der Waals surface area contributed by atoms with Crippen molar-refractivity contribution in [3.05, 3.63) is 23.2 Å². The number of morpholine rings is 1. The van der Waals surface area contributed by atoms with Gasteiger partial charge in [-0.25, -0.2) is 8.42 Å². The molecule has 0 unspecified atom stereocenters. The van der Waals surface area contributed by atoms with Gasteiger partial charge in [0, 0.05) is 20.0 Å². The van der Waals surface area contributed by atoms with E-state index in [0.29, 0.717) is 12.3 Å². The molecule has 2 rings (SSSR count). The highest BCUT2D eigenvalue weighted by Gasteiger charge is 2.24. The van der Waals surface area contributed by atoms with Gasteiger partial charge in [-0.3, -0.25) is 4.79 Å². The Hall–Kier alpha value is -1.39. The van der Waals surface area contributed by atoms with Gasteiger partial charge in [0.1, 0.15) is 18.8 Å². The molecule has 0 atom stereocenters. The Bertz CT molecular complexity index is 738. The molecule has 0 radical (unpaired) electrons. The lowest BCUT2D eigenvalue weighted by Crippen LogP contribution is -3.14. The maximum atomic E-state index is 12.6. The van der Waals surface area contributed by atoms with Crippen LogP contribution in [-0.2, 0) is 19.6 Å². The maximum Gasteiger partial charge on any atom is 0.243 e. The number of ether oxygens (including phenoxy) is 2. The van der Waals surface area contributed by atoms with E-state index in [1.807, 2.05) is 0 Å². The number of benzene rings is 1. The Kier molecular flexibility index (Phi) is 8.30. The number of hydrogen-bond acceptors (Lipinski definition) is 5. The van der Waals surface area contributed by atoms with Crippen molar-refractivity contribution >= 4 is 27.5 Å². The number of likely N-dealkylation sites (N-methyl/N-ethyl adjacent to an activating group) is 1. The van der Waals surface area contributed by atoms with E-state index in [0.717, 1.165) is 43.6 Å². The number of halogens is 1. The Labute approximate surface area is 165 Å². The SMILES string of the molecule is COc1ccc(S(=O)(=O)N(C)CC(=O)NCCC[NH+]2CCOCC2)cc1Cl. The van der Waals surface area contributed by atoms with E-state index in [1.54, 1.807) is 0 Å². The summed E-state index contributed by atoms with van der Waals surface area (Å²) in [6.07, 6.45) is 0.839. The zero-order chi connectivity index (χ0) is 19.9. The Morgan fingerprint density at radius 2 is 2.07 bits per heavy atom. The first-order valence-corrected chi connectivity index (χ1v) is 10.6. The van der Waals surface area contributed by atoms with Crippen molar-refractivity contribution in [2.45, 2.75) is 11.3 Å². The van der Waals surface area contributed by atoms with Gasteiger partial charge < -0.3 is 19.7 Å². The zero-order valence-corrected chi connectivity index (χ0v) is 17.2. The number of carbonyl (C=O) groups is 1. The predicted molar refractivity (Wildman–Crippen MR) is 102 cm³/mol. The molecule has 0 spiro atoms. The van der Waals surface area contributed by atoms with Gasteiger partial charge >= 0.3 is 0 Å². The molecule has 1 aromatic rings. The minimum absolute atomic E-state index is 0.0134. The van der Waals surface area contributed by atoms with E-state index in [-0.39, 0.29) is 22.4 Å². The predicted octanol–water partition coefficient (Wildman–Crippen LogP) is -0.609. The first-order chi connectivity index (χ1) is 12.8. The van der Waals surface area contributed by atoms with Crippen LogP contribution in [0.1, 0.15) is 6.42 Å². The third-order valence-corrected chi connectivity index (χ3v) is 6.52. The third kappa shape index (κ3) is 6.32. The summed E-state index contributed by atoms with van der Waals surface area (Å²) in [6.45, 7) is 4.75. The molecule has 1 aromatic carbocycles. The van der Waals surface area contributed by atoms with Crippen molar-refractivity contribution in [3.63, 3.8) is 0 Å². The minimum Gasteiger partial charge on any atom is -0.495 e. The van der Waals surface area contributed by atoms with Crippen molar-refractivity contribution in [2.75, 3.05) is 60.1 Å². The Morgan fingerprint density at radius 3 is 2.70 bits per heavy atom. The van der Waals surface area contributed by atoms with Crippen molar-refractivity contribution in [3.8, 4) is 5.75 Å². The molecule has 1 aliphatic heterocycles. The lowest BCUT2D eigenvalue weighted by atomic mass is 10.3. The topological polar surface area (TPSA) is 89.4 Å². The molecule has 2 N–H and O–H groups in total. The van der Waals surface area contributed by atoms with E-state index in [2.05, 4.69) is 5.32 Å². The average Bonchev–Trinajstić information content (AvgIpc) is 2.66. The molecule has 8 nitrogen and oxygen atoms in total. The highest BCUT2D eigenvalue weighted by atomic mass is 35.5. The van der Waals surface area contributed by atoms with Gasteiger partial charge in [0.05, 0.1) is 43.3 Å². The molecule has 0 aromatic heterocycles. The van der Waals surface area contributed by atoms with E-state index in [4.69, 9.17) is 21.1 Å². The fraction of sp³-hybridized carbons (Fsp3) is 0.588.